The van der Waals surface area contributed by atoms with Crippen molar-refractivity contribution in [3.63, 3.8) is 0 Å². The Morgan fingerprint density at radius 1 is 1.42 bits per heavy atom. The number of nitrogens with zero attached hydrogens (tertiary/aromatic N) is 1. The van der Waals surface area contributed by atoms with Crippen molar-refractivity contribution < 1.29 is 14.3 Å². The van der Waals surface area contributed by atoms with E-state index in [4.69, 9.17) is 4.74 Å². The van der Waals surface area contributed by atoms with E-state index in [1.54, 1.807) is 6.92 Å². The summed E-state index contributed by atoms with van der Waals surface area (Å²) in [5.41, 5.74) is 1.73. The Balaban J connectivity index is 2.32. The van der Waals surface area contributed by atoms with Crippen molar-refractivity contribution in [3.8, 4) is 0 Å². The fourth-order valence-corrected chi connectivity index (χ4v) is 2.63. The van der Waals surface area contributed by atoms with Gasteiger partial charge in [-0.25, -0.2) is 4.79 Å². The molecule has 19 heavy (non-hydrogen) atoms. The van der Waals surface area contributed by atoms with Gasteiger partial charge in [-0.15, -0.1) is 0 Å². The van der Waals surface area contributed by atoms with Gasteiger partial charge in [0.05, 0.1) is 12.3 Å². The fourth-order valence-electron chi connectivity index (χ4n) is 2.63. The number of aromatic nitrogens is 1. The molecule has 0 bridgehead atoms. The maximum atomic E-state index is 12.0. The number of ether oxygens (including phenoxy) is 1. The van der Waals surface area contributed by atoms with Gasteiger partial charge in [0.2, 0.25) is 0 Å². The molecule has 0 fully saturated rings. The summed E-state index contributed by atoms with van der Waals surface area (Å²) >= 11 is 0. The summed E-state index contributed by atoms with van der Waals surface area (Å²) in [6.07, 6.45) is 4.05. The van der Waals surface area contributed by atoms with Crippen LogP contribution in [0.3, 0.4) is 0 Å². The van der Waals surface area contributed by atoms with Crippen LogP contribution in [0.5, 0.6) is 0 Å². The van der Waals surface area contributed by atoms with Crippen LogP contribution < -0.4 is 0 Å². The first kappa shape index (κ1) is 13.8. The van der Waals surface area contributed by atoms with Crippen molar-refractivity contribution in [2.45, 2.75) is 52.0 Å². The summed E-state index contributed by atoms with van der Waals surface area (Å²) in [6, 6.07) is 3.49. The van der Waals surface area contributed by atoms with Gasteiger partial charge in [0.15, 0.2) is 5.78 Å². The summed E-state index contributed by atoms with van der Waals surface area (Å²) in [5.74, 6) is -0.0894. The van der Waals surface area contributed by atoms with E-state index in [0.717, 1.165) is 25.0 Å². The van der Waals surface area contributed by atoms with E-state index >= 15 is 0 Å². The zero-order chi connectivity index (χ0) is 13.8. The molecule has 0 saturated carbocycles. The zero-order valence-corrected chi connectivity index (χ0v) is 11.6. The molecule has 1 aromatic rings. The molecule has 1 atom stereocenters. The lowest BCUT2D eigenvalue weighted by molar-refractivity contribution is -0.147. The molecule has 4 nitrogen and oxygen atoms in total. The first-order valence-corrected chi connectivity index (χ1v) is 7.09. The van der Waals surface area contributed by atoms with Crippen LogP contribution in [0.15, 0.2) is 12.1 Å². The van der Waals surface area contributed by atoms with E-state index < -0.39 is 0 Å². The van der Waals surface area contributed by atoms with Crippen molar-refractivity contribution >= 4 is 11.8 Å². The third kappa shape index (κ3) is 2.72. The Bertz CT molecular complexity index is 476. The molecule has 0 radical (unpaired) electrons. The van der Waals surface area contributed by atoms with E-state index in [-0.39, 0.29) is 17.8 Å². The molecule has 2 rings (SSSR count). The van der Waals surface area contributed by atoms with Crippen molar-refractivity contribution in [1.82, 2.24) is 4.57 Å². The second kappa shape index (κ2) is 6.04. The maximum Gasteiger partial charge on any atom is 0.329 e. The molecular formula is C15H21NO3. The highest BCUT2D eigenvalue weighted by Gasteiger charge is 2.32. The molecule has 0 aliphatic carbocycles. The van der Waals surface area contributed by atoms with Gasteiger partial charge in [-0.05, 0) is 38.3 Å². The summed E-state index contributed by atoms with van der Waals surface area (Å²) < 4.78 is 7.03. The molecule has 0 spiro atoms. The van der Waals surface area contributed by atoms with Crippen LogP contribution in [-0.2, 0) is 16.0 Å². The van der Waals surface area contributed by atoms with Gasteiger partial charge in [0, 0.05) is 12.1 Å². The minimum absolute atomic E-state index is 0.128. The van der Waals surface area contributed by atoms with Crippen LogP contribution >= 0.6 is 0 Å². The number of carbonyl (C=O) groups is 2. The largest absolute Gasteiger partial charge is 0.464 e. The number of hydrogen-bond acceptors (Lipinski definition) is 3. The van der Waals surface area contributed by atoms with Gasteiger partial charge < -0.3 is 9.30 Å². The third-order valence-electron chi connectivity index (χ3n) is 3.59. The number of carbonyl (C=O) groups excluding carboxylic acids is 2. The lowest BCUT2D eigenvalue weighted by Crippen LogP contribution is -2.30. The second-order valence-electron chi connectivity index (χ2n) is 4.91. The minimum atomic E-state index is -0.325. The molecule has 0 amide bonds. The van der Waals surface area contributed by atoms with Gasteiger partial charge in [-0.2, -0.15) is 0 Å². The summed E-state index contributed by atoms with van der Waals surface area (Å²) in [6.45, 7) is 4.32. The molecule has 0 unspecified atom stereocenters. The Hall–Kier alpha value is -1.58. The summed E-state index contributed by atoms with van der Waals surface area (Å²) in [4.78, 5) is 24.0. The Morgan fingerprint density at radius 2 is 2.21 bits per heavy atom. The highest BCUT2D eigenvalue weighted by Crippen LogP contribution is 2.29. The molecular weight excluding hydrogens is 242 g/mol. The fraction of sp³-hybridized carbons (Fsp3) is 0.600. The molecule has 0 aromatic carbocycles. The maximum absolute atomic E-state index is 12.0. The molecule has 0 N–H and O–H groups in total. The number of esters is 1. The van der Waals surface area contributed by atoms with E-state index in [1.165, 1.54) is 0 Å². The Kier molecular flexibility index (Phi) is 4.40. The first-order valence-electron chi connectivity index (χ1n) is 7.09. The summed E-state index contributed by atoms with van der Waals surface area (Å²) in [5, 5.41) is 0. The minimum Gasteiger partial charge on any atom is -0.464 e. The first-order chi connectivity index (χ1) is 9.19. The number of ketones is 1. The number of unbranched alkanes of at least 4 members (excludes halogenated alkanes) is 1. The molecule has 4 heteroatoms. The van der Waals surface area contributed by atoms with Gasteiger partial charge in [-0.1, -0.05) is 13.3 Å². The highest BCUT2D eigenvalue weighted by atomic mass is 16.5. The third-order valence-corrected chi connectivity index (χ3v) is 3.59. The molecule has 2 heterocycles. The van der Waals surface area contributed by atoms with E-state index in [1.807, 2.05) is 16.7 Å². The number of aryl methyl sites for hydroxylation is 1. The monoisotopic (exact) mass is 263 g/mol. The van der Waals surface area contributed by atoms with E-state index in [2.05, 4.69) is 6.92 Å². The molecule has 1 aliphatic rings. The smallest absolute Gasteiger partial charge is 0.329 e. The average molecular weight is 263 g/mol. The standard InChI is InChI=1S/C15H21NO3/c1-3-5-6-11-7-8-12-14(17)10-9-13(16(11)12)15(18)19-4-2/h7-8,13H,3-6,9-10H2,1-2H3/t13-/m0/s1. The predicted octanol–water partition coefficient (Wildman–Crippen LogP) is 2.91. The van der Waals surface area contributed by atoms with Crippen LogP contribution in [0.4, 0.5) is 0 Å². The quantitative estimate of drug-likeness (QED) is 0.767. The van der Waals surface area contributed by atoms with Crippen molar-refractivity contribution in [2.24, 2.45) is 0 Å². The molecule has 1 aliphatic heterocycles. The lowest BCUT2D eigenvalue weighted by Gasteiger charge is -2.26. The summed E-state index contributed by atoms with van der Waals surface area (Å²) in [7, 11) is 0. The average Bonchev–Trinajstić information content (AvgIpc) is 2.82. The number of rotatable bonds is 5. The highest BCUT2D eigenvalue weighted by molar-refractivity contribution is 5.97. The van der Waals surface area contributed by atoms with Crippen molar-refractivity contribution in [1.29, 1.82) is 0 Å². The topological polar surface area (TPSA) is 48.3 Å². The molecule has 0 saturated heterocycles. The van der Waals surface area contributed by atoms with Crippen LogP contribution in [0.25, 0.3) is 0 Å². The molecule has 1 aromatic heterocycles. The Labute approximate surface area is 113 Å². The van der Waals surface area contributed by atoms with Crippen LogP contribution in [0, 0.1) is 0 Å². The second-order valence-corrected chi connectivity index (χ2v) is 4.91. The van der Waals surface area contributed by atoms with E-state index in [9.17, 15) is 9.59 Å². The normalized spacial score (nSPS) is 18.2. The van der Waals surface area contributed by atoms with Crippen LogP contribution in [-0.4, -0.2) is 22.9 Å². The number of hydrogen-bond donors (Lipinski definition) is 0. The predicted molar refractivity (Wildman–Crippen MR) is 72.3 cm³/mol. The van der Waals surface area contributed by atoms with Gasteiger partial charge >= 0.3 is 5.97 Å². The van der Waals surface area contributed by atoms with Crippen molar-refractivity contribution in [3.05, 3.63) is 23.5 Å². The number of fused-ring (bicyclic) bond motifs is 1. The number of Topliss-reactive ketones (excluding diaryl/α,β-unsaturated/α-hetero) is 1. The van der Waals surface area contributed by atoms with Crippen LogP contribution in [0.2, 0.25) is 0 Å². The van der Waals surface area contributed by atoms with Crippen molar-refractivity contribution in [2.75, 3.05) is 6.61 Å². The lowest BCUT2D eigenvalue weighted by atomic mass is 10.0. The van der Waals surface area contributed by atoms with E-state index in [0.29, 0.717) is 25.1 Å². The SMILES string of the molecule is CCCCc1ccc2n1[C@H](C(=O)OCC)CCC2=O. The zero-order valence-electron chi connectivity index (χ0n) is 11.6. The van der Waals surface area contributed by atoms with Gasteiger partial charge in [-0.3, -0.25) is 4.79 Å². The van der Waals surface area contributed by atoms with Gasteiger partial charge in [0.1, 0.15) is 6.04 Å². The Morgan fingerprint density at radius 3 is 2.89 bits per heavy atom. The molecule has 104 valence electrons. The van der Waals surface area contributed by atoms with Crippen LogP contribution in [0.1, 0.15) is 61.8 Å². The van der Waals surface area contributed by atoms with Gasteiger partial charge in [0.25, 0.3) is 0 Å².